The highest BCUT2D eigenvalue weighted by molar-refractivity contribution is 7.99. The second kappa shape index (κ2) is 8.43. The lowest BCUT2D eigenvalue weighted by Gasteiger charge is -2.07. The van der Waals surface area contributed by atoms with Crippen LogP contribution in [0.2, 0.25) is 0 Å². The summed E-state index contributed by atoms with van der Waals surface area (Å²) in [6.07, 6.45) is 1.57. The molecular formula is C17H18N4O4S. The van der Waals surface area contributed by atoms with E-state index in [0.717, 1.165) is 5.56 Å². The minimum absolute atomic E-state index is 0.125. The lowest BCUT2D eigenvalue weighted by molar-refractivity contribution is -0.118. The van der Waals surface area contributed by atoms with Crippen LogP contribution >= 0.6 is 11.8 Å². The van der Waals surface area contributed by atoms with E-state index < -0.39 is 0 Å². The molecule has 3 aromatic rings. The highest BCUT2D eigenvalue weighted by Gasteiger charge is 2.13. The Morgan fingerprint density at radius 2 is 2.19 bits per heavy atom. The van der Waals surface area contributed by atoms with E-state index in [0.29, 0.717) is 34.8 Å². The SMILES string of the molecule is COc1ccc(-c2nc(SCC(=O)NCc3ccco3)n[nH]2)c(OC)c1. The van der Waals surface area contributed by atoms with Crippen LogP contribution in [0.25, 0.3) is 11.4 Å². The molecule has 0 saturated carbocycles. The fourth-order valence-corrected chi connectivity index (χ4v) is 2.83. The second-order valence-electron chi connectivity index (χ2n) is 5.18. The third-order valence-corrected chi connectivity index (χ3v) is 4.35. The highest BCUT2D eigenvalue weighted by atomic mass is 32.2. The van der Waals surface area contributed by atoms with E-state index in [1.54, 1.807) is 38.7 Å². The van der Waals surface area contributed by atoms with Gasteiger partial charge in [-0.3, -0.25) is 9.89 Å². The van der Waals surface area contributed by atoms with Crippen LogP contribution in [0.5, 0.6) is 11.5 Å². The largest absolute Gasteiger partial charge is 0.497 e. The van der Waals surface area contributed by atoms with E-state index in [1.807, 2.05) is 12.1 Å². The molecule has 0 atom stereocenters. The number of ether oxygens (including phenoxy) is 2. The minimum Gasteiger partial charge on any atom is -0.497 e. The number of carbonyl (C=O) groups excluding carboxylic acids is 1. The van der Waals surface area contributed by atoms with E-state index >= 15 is 0 Å². The van der Waals surface area contributed by atoms with Crippen molar-refractivity contribution in [1.29, 1.82) is 0 Å². The molecule has 26 heavy (non-hydrogen) atoms. The average Bonchev–Trinajstić information content (AvgIpc) is 3.36. The quantitative estimate of drug-likeness (QED) is 0.584. The fraction of sp³-hybridized carbons (Fsp3) is 0.235. The molecule has 0 radical (unpaired) electrons. The van der Waals surface area contributed by atoms with Crippen LogP contribution in [0.3, 0.4) is 0 Å². The van der Waals surface area contributed by atoms with Crippen molar-refractivity contribution < 1.29 is 18.7 Å². The molecule has 0 saturated heterocycles. The van der Waals surface area contributed by atoms with Gasteiger partial charge in [-0.05, 0) is 24.3 Å². The van der Waals surface area contributed by atoms with Crippen LogP contribution in [0.1, 0.15) is 5.76 Å². The number of hydrogen-bond acceptors (Lipinski definition) is 7. The Balaban J connectivity index is 1.58. The van der Waals surface area contributed by atoms with Gasteiger partial charge in [0.1, 0.15) is 17.3 Å². The zero-order valence-electron chi connectivity index (χ0n) is 14.3. The van der Waals surface area contributed by atoms with Crippen molar-refractivity contribution in [3.05, 3.63) is 42.4 Å². The molecule has 0 spiro atoms. The van der Waals surface area contributed by atoms with Crippen LogP contribution in [-0.4, -0.2) is 41.1 Å². The highest BCUT2D eigenvalue weighted by Crippen LogP contribution is 2.31. The number of hydrogen-bond donors (Lipinski definition) is 2. The summed E-state index contributed by atoms with van der Waals surface area (Å²) in [6, 6.07) is 9.00. The van der Waals surface area contributed by atoms with E-state index in [1.165, 1.54) is 11.8 Å². The van der Waals surface area contributed by atoms with Crippen molar-refractivity contribution in [1.82, 2.24) is 20.5 Å². The molecular weight excluding hydrogens is 356 g/mol. The third kappa shape index (κ3) is 4.37. The first-order chi connectivity index (χ1) is 12.7. The number of rotatable bonds is 8. The van der Waals surface area contributed by atoms with Crippen LogP contribution in [0, 0.1) is 0 Å². The molecule has 1 amide bonds. The average molecular weight is 374 g/mol. The van der Waals surface area contributed by atoms with Gasteiger partial charge in [0, 0.05) is 6.07 Å². The van der Waals surface area contributed by atoms with E-state index in [-0.39, 0.29) is 11.7 Å². The van der Waals surface area contributed by atoms with Crippen molar-refractivity contribution >= 4 is 17.7 Å². The van der Waals surface area contributed by atoms with Crippen molar-refractivity contribution in [2.45, 2.75) is 11.7 Å². The van der Waals surface area contributed by atoms with Crippen molar-refractivity contribution in [3.63, 3.8) is 0 Å². The maximum atomic E-state index is 11.9. The number of aromatic nitrogens is 3. The summed E-state index contributed by atoms with van der Waals surface area (Å²) in [5, 5.41) is 10.2. The van der Waals surface area contributed by atoms with Gasteiger partial charge in [-0.2, -0.15) is 0 Å². The van der Waals surface area contributed by atoms with Crippen LogP contribution in [0.15, 0.2) is 46.2 Å². The Hall–Kier alpha value is -2.94. The first-order valence-electron chi connectivity index (χ1n) is 7.76. The molecule has 0 bridgehead atoms. The van der Waals surface area contributed by atoms with E-state index in [4.69, 9.17) is 13.9 Å². The summed E-state index contributed by atoms with van der Waals surface area (Å²) >= 11 is 1.24. The Bertz CT molecular complexity index is 864. The molecule has 1 aromatic carbocycles. The third-order valence-electron chi connectivity index (χ3n) is 3.50. The van der Waals surface area contributed by atoms with Crippen LogP contribution < -0.4 is 14.8 Å². The summed E-state index contributed by atoms with van der Waals surface area (Å²) in [5.74, 6) is 2.65. The number of nitrogens with zero attached hydrogens (tertiary/aromatic N) is 2. The molecule has 0 unspecified atom stereocenters. The Kier molecular flexibility index (Phi) is 5.80. The number of furan rings is 1. The molecule has 2 N–H and O–H groups in total. The predicted molar refractivity (Wildman–Crippen MR) is 96.2 cm³/mol. The first-order valence-corrected chi connectivity index (χ1v) is 8.75. The predicted octanol–water partition coefficient (Wildman–Crippen LogP) is 2.49. The zero-order valence-corrected chi connectivity index (χ0v) is 15.1. The molecule has 0 fully saturated rings. The smallest absolute Gasteiger partial charge is 0.230 e. The van der Waals surface area contributed by atoms with E-state index in [2.05, 4.69) is 20.5 Å². The number of benzene rings is 1. The van der Waals surface area contributed by atoms with E-state index in [9.17, 15) is 4.79 Å². The topological polar surface area (TPSA) is 102 Å². The number of H-pyrrole nitrogens is 1. The fourth-order valence-electron chi connectivity index (χ4n) is 2.21. The second-order valence-corrected chi connectivity index (χ2v) is 6.12. The number of aromatic amines is 1. The van der Waals surface area contributed by atoms with Gasteiger partial charge in [0.25, 0.3) is 0 Å². The number of thioether (sulfide) groups is 1. The lowest BCUT2D eigenvalue weighted by atomic mass is 10.2. The summed E-state index contributed by atoms with van der Waals surface area (Å²) in [7, 11) is 3.17. The van der Waals surface area contributed by atoms with Gasteiger partial charge in [-0.15, -0.1) is 5.10 Å². The number of nitrogens with one attached hydrogen (secondary N) is 2. The monoisotopic (exact) mass is 374 g/mol. The summed E-state index contributed by atoms with van der Waals surface area (Å²) in [4.78, 5) is 16.3. The molecule has 3 rings (SSSR count). The van der Waals surface area contributed by atoms with Gasteiger partial charge in [0.2, 0.25) is 11.1 Å². The summed E-state index contributed by atoms with van der Waals surface area (Å²) in [5.41, 5.74) is 0.759. The Morgan fingerprint density at radius 1 is 1.31 bits per heavy atom. The summed E-state index contributed by atoms with van der Waals surface area (Å²) < 4.78 is 15.7. The van der Waals surface area contributed by atoms with Crippen LogP contribution in [0.4, 0.5) is 0 Å². The van der Waals surface area contributed by atoms with Crippen molar-refractivity contribution in [3.8, 4) is 22.9 Å². The van der Waals surface area contributed by atoms with Gasteiger partial charge in [-0.1, -0.05) is 11.8 Å². The standard InChI is InChI=1S/C17H18N4O4S/c1-23-11-5-6-13(14(8-11)24-2)16-19-17(21-20-16)26-10-15(22)18-9-12-4-3-7-25-12/h3-8H,9-10H2,1-2H3,(H,18,22)(H,19,20,21). The molecule has 0 aliphatic heterocycles. The molecule has 8 nitrogen and oxygen atoms in total. The molecule has 9 heteroatoms. The maximum Gasteiger partial charge on any atom is 0.230 e. The van der Waals surface area contributed by atoms with Gasteiger partial charge >= 0.3 is 0 Å². The minimum atomic E-state index is -0.125. The molecule has 136 valence electrons. The number of amides is 1. The van der Waals surface area contributed by atoms with Crippen LogP contribution in [-0.2, 0) is 11.3 Å². The zero-order chi connectivity index (χ0) is 18.4. The van der Waals surface area contributed by atoms with Gasteiger partial charge in [0.05, 0.1) is 38.3 Å². The van der Waals surface area contributed by atoms with Crippen molar-refractivity contribution in [2.24, 2.45) is 0 Å². The molecule has 0 aliphatic rings. The Morgan fingerprint density at radius 3 is 2.92 bits per heavy atom. The number of carbonyl (C=O) groups is 1. The normalized spacial score (nSPS) is 10.5. The molecule has 0 aliphatic carbocycles. The molecule has 2 heterocycles. The van der Waals surface area contributed by atoms with Gasteiger partial charge in [-0.25, -0.2) is 4.98 Å². The van der Waals surface area contributed by atoms with Gasteiger partial charge < -0.3 is 19.2 Å². The Labute approximate surface area is 154 Å². The lowest BCUT2D eigenvalue weighted by Crippen LogP contribution is -2.24. The molecule has 2 aromatic heterocycles. The summed E-state index contributed by atoms with van der Waals surface area (Å²) in [6.45, 7) is 0.356. The number of methoxy groups -OCH3 is 2. The maximum absolute atomic E-state index is 11.9. The van der Waals surface area contributed by atoms with Gasteiger partial charge in [0.15, 0.2) is 5.82 Å². The van der Waals surface area contributed by atoms with Crippen molar-refractivity contribution in [2.75, 3.05) is 20.0 Å². The first kappa shape index (κ1) is 17.9.